The van der Waals surface area contributed by atoms with E-state index in [1.165, 1.54) is 5.56 Å². The molecule has 2 rings (SSSR count). The fourth-order valence-electron chi connectivity index (χ4n) is 1.69. The number of nitrogens with one attached hydrogen (secondary N) is 1. The van der Waals surface area contributed by atoms with E-state index in [1.807, 2.05) is 12.1 Å². The predicted molar refractivity (Wildman–Crippen MR) is 72.3 cm³/mol. The van der Waals surface area contributed by atoms with Crippen molar-refractivity contribution in [2.45, 2.75) is 19.8 Å². The third-order valence-electron chi connectivity index (χ3n) is 2.59. The molecule has 94 valence electrons. The lowest BCUT2D eigenvalue weighted by molar-refractivity contribution is 0.397. The molecule has 0 saturated heterocycles. The second kappa shape index (κ2) is 6.00. The molecule has 4 heteroatoms. The molecule has 0 aliphatic heterocycles. The van der Waals surface area contributed by atoms with Crippen molar-refractivity contribution >= 4 is 11.6 Å². The van der Waals surface area contributed by atoms with Crippen molar-refractivity contribution in [3.63, 3.8) is 0 Å². The molecule has 0 aliphatic carbocycles. The van der Waals surface area contributed by atoms with E-state index in [4.69, 9.17) is 4.74 Å². The minimum Gasteiger partial charge on any atom is -0.481 e. The fraction of sp³-hybridized carbons (Fsp3) is 0.286. The Bertz CT molecular complexity index is 497. The van der Waals surface area contributed by atoms with Crippen LogP contribution in [-0.4, -0.2) is 17.1 Å². The van der Waals surface area contributed by atoms with Crippen molar-refractivity contribution in [2.75, 3.05) is 12.4 Å². The molecule has 1 aromatic heterocycles. The number of hydrogen-bond donors (Lipinski definition) is 1. The molecule has 0 fully saturated rings. The van der Waals surface area contributed by atoms with E-state index in [2.05, 4.69) is 34.3 Å². The van der Waals surface area contributed by atoms with Crippen LogP contribution in [-0.2, 0) is 6.42 Å². The van der Waals surface area contributed by atoms with Crippen LogP contribution >= 0.6 is 0 Å². The second-order valence-corrected chi connectivity index (χ2v) is 3.99. The molecular formula is C14H17N3O. The summed E-state index contributed by atoms with van der Waals surface area (Å²) in [6, 6.07) is 10.0. The SMILES string of the molecule is CCCc1ccc(Nc2nccc(OC)n2)cc1. The number of rotatable bonds is 5. The van der Waals surface area contributed by atoms with Gasteiger partial charge < -0.3 is 10.1 Å². The van der Waals surface area contributed by atoms with Crippen LogP contribution < -0.4 is 10.1 Å². The van der Waals surface area contributed by atoms with Crippen LogP contribution in [0.15, 0.2) is 36.5 Å². The monoisotopic (exact) mass is 243 g/mol. The minimum atomic E-state index is 0.539. The van der Waals surface area contributed by atoms with Crippen molar-refractivity contribution in [1.29, 1.82) is 0 Å². The Balaban J connectivity index is 2.08. The first-order chi connectivity index (χ1) is 8.81. The fourth-order valence-corrected chi connectivity index (χ4v) is 1.69. The number of anilines is 2. The predicted octanol–water partition coefficient (Wildman–Crippen LogP) is 3.18. The number of benzene rings is 1. The molecular weight excluding hydrogens is 226 g/mol. The first kappa shape index (κ1) is 12.4. The Morgan fingerprint density at radius 3 is 2.61 bits per heavy atom. The Morgan fingerprint density at radius 2 is 1.94 bits per heavy atom. The lowest BCUT2D eigenvalue weighted by atomic mass is 10.1. The van der Waals surface area contributed by atoms with E-state index in [0.717, 1.165) is 18.5 Å². The number of nitrogens with zero attached hydrogens (tertiary/aromatic N) is 2. The van der Waals surface area contributed by atoms with Gasteiger partial charge in [0.15, 0.2) is 0 Å². The highest BCUT2D eigenvalue weighted by atomic mass is 16.5. The van der Waals surface area contributed by atoms with E-state index >= 15 is 0 Å². The molecule has 1 heterocycles. The maximum Gasteiger partial charge on any atom is 0.230 e. The summed E-state index contributed by atoms with van der Waals surface area (Å²) in [4.78, 5) is 8.34. The molecule has 0 unspecified atom stereocenters. The van der Waals surface area contributed by atoms with Gasteiger partial charge in [0.1, 0.15) is 0 Å². The summed E-state index contributed by atoms with van der Waals surface area (Å²) in [5, 5.41) is 3.15. The van der Waals surface area contributed by atoms with Crippen molar-refractivity contribution < 1.29 is 4.74 Å². The molecule has 0 amide bonds. The van der Waals surface area contributed by atoms with Gasteiger partial charge in [0.2, 0.25) is 11.8 Å². The number of aromatic nitrogens is 2. The normalized spacial score (nSPS) is 10.1. The van der Waals surface area contributed by atoms with Gasteiger partial charge in [0.25, 0.3) is 0 Å². The molecule has 0 saturated carbocycles. The number of ether oxygens (including phenoxy) is 1. The van der Waals surface area contributed by atoms with Crippen LogP contribution in [0.5, 0.6) is 5.88 Å². The summed E-state index contributed by atoms with van der Waals surface area (Å²) in [6.45, 7) is 2.18. The van der Waals surface area contributed by atoms with Crippen molar-refractivity contribution in [3.05, 3.63) is 42.1 Å². The summed E-state index contributed by atoms with van der Waals surface area (Å²) in [6.07, 6.45) is 3.93. The van der Waals surface area contributed by atoms with E-state index in [9.17, 15) is 0 Å². The summed E-state index contributed by atoms with van der Waals surface area (Å²) in [5.41, 5.74) is 2.32. The van der Waals surface area contributed by atoms with E-state index < -0.39 is 0 Å². The Kier molecular flexibility index (Phi) is 4.12. The average Bonchev–Trinajstić information content (AvgIpc) is 2.42. The summed E-state index contributed by atoms with van der Waals surface area (Å²) in [5.74, 6) is 1.09. The molecule has 0 aliphatic rings. The highest BCUT2D eigenvalue weighted by Crippen LogP contribution is 2.16. The molecule has 0 atom stereocenters. The van der Waals surface area contributed by atoms with Gasteiger partial charge in [-0.3, -0.25) is 0 Å². The van der Waals surface area contributed by atoms with Gasteiger partial charge in [0.05, 0.1) is 7.11 Å². The maximum atomic E-state index is 5.05. The zero-order valence-corrected chi connectivity index (χ0v) is 10.7. The Hall–Kier alpha value is -2.10. The second-order valence-electron chi connectivity index (χ2n) is 3.99. The van der Waals surface area contributed by atoms with Gasteiger partial charge in [-0.15, -0.1) is 0 Å². The molecule has 0 radical (unpaired) electrons. The number of aryl methyl sites for hydroxylation is 1. The third-order valence-corrected chi connectivity index (χ3v) is 2.59. The van der Waals surface area contributed by atoms with Gasteiger partial charge in [-0.25, -0.2) is 4.98 Å². The van der Waals surface area contributed by atoms with Crippen LogP contribution in [0.25, 0.3) is 0 Å². The average molecular weight is 243 g/mol. The van der Waals surface area contributed by atoms with Gasteiger partial charge in [-0.2, -0.15) is 4.98 Å². The maximum absolute atomic E-state index is 5.05. The van der Waals surface area contributed by atoms with Crippen LogP contribution in [0.4, 0.5) is 11.6 Å². The van der Waals surface area contributed by atoms with Crippen LogP contribution in [0, 0.1) is 0 Å². The Labute approximate surface area is 107 Å². The van der Waals surface area contributed by atoms with Gasteiger partial charge in [-0.05, 0) is 24.1 Å². The summed E-state index contributed by atoms with van der Waals surface area (Å²) >= 11 is 0. The number of methoxy groups -OCH3 is 1. The quantitative estimate of drug-likeness (QED) is 0.876. The van der Waals surface area contributed by atoms with E-state index in [-0.39, 0.29) is 0 Å². The van der Waals surface area contributed by atoms with Gasteiger partial charge in [-0.1, -0.05) is 25.5 Å². The van der Waals surface area contributed by atoms with Crippen LogP contribution in [0.2, 0.25) is 0 Å². The first-order valence-corrected chi connectivity index (χ1v) is 6.05. The van der Waals surface area contributed by atoms with Gasteiger partial charge >= 0.3 is 0 Å². The van der Waals surface area contributed by atoms with Crippen molar-refractivity contribution in [3.8, 4) is 5.88 Å². The molecule has 1 N–H and O–H groups in total. The highest BCUT2D eigenvalue weighted by molar-refractivity contribution is 5.53. The molecule has 4 nitrogen and oxygen atoms in total. The molecule has 2 aromatic rings. The highest BCUT2D eigenvalue weighted by Gasteiger charge is 2.00. The molecule has 0 spiro atoms. The lowest BCUT2D eigenvalue weighted by Gasteiger charge is -2.06. The van der Waals surface area contributed by atoms with Crippen LogP contribution in [0.3, 0.4) is 0 Å². The van der Waals surface area contributed by atoms with Crippen LogP contribution in [0.1, 0.15) is 18.9 Å². The Morgan fingerprint density at radius 1 is 1.17 bits per heavy atom. The van der Waals surface area contributed by atoms with Gasteiger partial charge in [0, 0.05) is 18.0 Å². The zero-order chi connectivity index (χ0) is 12.8. The first-order valence-electron chi connectivity index (χ1n) is 6.05. The largest absolute Gasteiger partial charge is 0.481 e. The summed E-state index contributed by atoms with van der Waals surface area (Å²) in [7, 11) is 1.59. The molecule has 1 aromatic carbocycles. The van der Waals surface area contributed by atoms with E-state index in [1.54, 1.807) is 19.4 Å². The summed E-state index contributed by atoms with van der Waals surface area (Å²) < 4.78 is 5.05. The van der Waals surface area contributed by atoms with E-state index in [0.29, 0.717) is 11.8 Å². The topological polar surface area (TPSA) is 47.0 Å². The molecule has 0 bridgehead atoms. The van der Waals surface area contributed by atoms with Crippen molar-refractivity contribution in [2.24, 2.45) is 0 Å². The van der Waals surface area contributed by atoms with Crippen molar-refractivity contribution in [1.82, 2.24) is 9.97 Å². The minimum absolute atomic E-state index is 0.539. The zero-order valence-electron chi connectivity index (χ0n) is 10.7. The number of hydrogen-bond acceptors (Lipinski definition) is 4. The molecule has 18 heavy (non-hydrogen) atoms. The lowest BCUT2D eigenvalue weighted by Crippen LogP contribution is -1.98. The standard InChI is InChI=1S/C14H17N3O/c1-3-4-11-5-7-12(8-6-11)16-14-15-10-9-13(17-14)18-2/h5-10H,3-4H2,1-2H3,(H,15,16,17). The smallest absolute Gasteiger partial charge is 0.230 e. The third kappa shape index (κ3) is 3.20.